The lowest BCUT2D eigenvalue weighted by atomic mass is 10.1. The van der Waals surface area contributed by atoms with Crippen LogP contribution in [0.2, 0.25) is 5.15 Å². The highest BCUT2D eigenvalue weighted by Crippen LogP contribution is 2.23. The van der Waals surface area contributed by atoms with Crippen molar-refractivity contribution < 1.29 is 9.53 Å². The Labute approximate surface area is 172 Å². The first-order valence-corrected chi connectivity index (χ1v) is 9.74. The molecular formula is C20H20ClN5O3. The molecule has 8 nitrogen and oxygen atoms in total. The van der Waals surface area contributed by atoms with E-state index in [4.69, 9.17) is 16.3 Å². The van der Waals surface area contributed by atoms with Gasteiger partial charge in [-0.1, -0.05) is 41.9 Å². The van der Waals surface area contributed by atoms with Crippen LogP contribution in [0.1, 0.15) is 24.4 Å². The normalized spacial score (nSPS) is 14.7. The van der Waals surface area contributed by atoms with Crippen molar-refractivity contribution in [3.63, 3.8) is 0 Å². The van der Waals surface area contributed by atoms with E-state index in [-0.39, 0.29) is 24.4 Å². The summed E-state index contributed by atoms with van der Waals surface area (Å²) < 4.78 is 6.84. The molecule has 1 aliphatic heterocycles. The summed E-state index contributed by atoms with van der Waals surface area (Å²) in [6, 6.07) is 12.9. The molecule has 0 saturated carbocycles. The maximum atomic E-state index is 12.4. The van der Waals surface area contributed by atoms with Crippen LogP contribution in [0.4, 0.5) is 4.79 Å². The molecule has 0 radical (unpaired) electrons. The largest absolute Gasteiger partial charge is 0.445 e. The van der Waals surface area contributed by atoms with Gasteiger partial charge in [-0.3, -0.25) is 4.98 Å². The third-order valence-electron chi connectivity index (χ3n) is 4.91. The molecule has 1 amide bonds. The molecule has 3 heterocycles. The molecule has 4 rings (SSSR count). The van der Waals surface area contributed by atoms with Crippen LogP contribution in [-0.4, -0.2) is 43.8 Å². The van der Waals surface area contributed by atoms with Gasteiger partial charge in [0.1, 0.15) is 11.8 Å². The summed E-state index contributed by atoms with van der Waals surface area (Å²) in [5.41, 5.74) is 1.36. The van der Waals surface area contributed by atoms with Crippen molar-refractivity contribution in [1.82, 2.24) is 24.6 Å². The zero-order chi connectivity index (χ0) is 20.2. The molecule has 1 aliphatic rings. The monoisotopic (exact) mass is 413 g/mol. The highest BCUT2D eigenvalue weighted by atomic mass is 35.5. The van der Waals surface area contributed by atoms with Gasteiger partial charge >= 0.3 is 11.8 Å². The number of carbonyl (C=O) groups excluding carboxylic acids is 1. The van der Waals surface area contributed by atoms with Gasteiger partial charge in [-0.2, -0.15) is 0 Å². The number of hydrogen-bond donors (Lipinski definition) is 1. The Morgan fingerprint density at radius 3 is 2.69 bits per heavy atom. The molecule has 1 N–H and O–H groups in total. The van der Waals surface area contributed by atoms with Crippen molar-refractivity contribution in [2.75, 3.05) is 13.1 Å². The fourth-order valence-corrected chi connectivity index (χ4v) is 3.54. The summed E-state index contributed by atoms with van der Waals surface area (Å²) >= 11 is 5.91. The van der Waals surface area contributed by atoms with Gasteiger partial charge in [0.2, 0.25) is 0 Å². The number of piperidine rings is 1. The number of ether oxygens (including phenoxy) is 1. The summed E-state index contributed by atoms with van der Waals surface area (Å²) in [5, 5.41) is 4.75. The first-order chi connectivity index (χ1) is 14.1. The van der Waals surface area contributed by atoms with E-state index in [1.54, 1.807) is 23.2 Å². The lowest BCUT2D eigenvalue weighted by Crippen LogP contribution is -2.41. The van der Waals surface area contributed by atoms with E-state index in [1.807, 2.05) is 30.3 Å². The van der Waals surface area contributed by atoms with E-state index in [1.165, 1.54) is 4.68 Å². The van der Waals surface area contributed by atoms with Crippen LogP contribution in [0.15, 0.2) is 53.5 Å². The second kappa shape index (κ2) is 8.48. The van der Waals surface area contributed by atoms with Gasteiger partial charge < -0.3 is 9.64 Å². The van der Waals surface area contributed by atoms with Crippen LogP contribution in [0.3, 0.4) is 0 Å². The molecule has 0 aliphatic carbocycles. The number of likely N-dealkylation sites (tertiary alicyclic amines) is 1. The molecule has 0 atom stereocenters. The smallest absolute Gasteiger partial charge is 0.410 e. The Balaban J connectivity index is 1.36. The van der Waals surface area contributed by atoms with Crippen molar-refractivity contribution in [2.24, 2.45) is 0 Å². The van der Waals surface area contributed by atoms with Gasteiger partial charge in [0.15, 0.2) is 5.82 Å². The van der Waals surface area contributed by atoms with Crippen molar-refractivity contribution in [2.45, 2.75) is 25.5 Å². The second-order valence-electron chi connectivity index (χ2n) is 6.85. The first-order valence-electron chi connectivity index (χ1n) is 9.36. The summed E-state index contributed by atoms with van der Waals surface area (Å²) in [6.45, 7) is 1.26. The highest BCUT2D eigenvalue weighted by Gasteiger charge is 2.27. The lowest BCUT2D eigenvalue weighted by Gasteiger charge is -2.30. The molecule has 1 saturated heterocycles. The predicted molar refractivity (Wildman–Crippen MR) is 108 cm³/mol. The van der Waals surface area contributed by atoms with Gasteiger partial charge in [0, 0.05) is 24.8 Å². The van der Waals surface area contributed by atoms with E-state index in [2.05, 4.69) is 15.1 Å². The minimum absolute atomic E-state index is 0.0806. The molecule has 3 aromatic rings. The number of benzene rings is 1. The zero-order valence-corrected chi connectivity index (χ0v) is 16.4. The SMILES string of the molecule is O=C(OCc1ccccc1)N1CCC(n2nc(-c3ccnc(Cl)c3)[nH]c2=O)CC1. The minimum atomic E-state index is -0.339. The average molecular weight is 414 g/mol. The number of amides is 1. The third-order valence-corrected chi connectivity index (χ3v) is 5.12. The maximum absolute atomic E-state index is 12.4. The number of aromatic amines is 1. The lowest BCUT2D eigenvalue weighted by molar-refractivity contribution is 0.0818. The van der Waals surface area contributed by atoms with E-state index < -0.39 is 0 Å². The van der Waals surface area contributed by atoms with Crippen molar-refractivity contribution >= 4 is 17.7 Å². The standard InChI is InChI=1S/C20H20ClN5O3/c21-17-12-15(6-9-22-17)18-23-19(27)26(24-18)16-7-10-25(11-8-16)20(28)29-13-14-4-2-1-3-5-14/h1-6,9,12,16H,7-8,10-11,13H2,(H,23,24,27). The Hall–Kier alpha value is -3.13. The summed E-state index contributed by atoms with van der Waals surface area (Å²) in [5.74, 6) is 0.448. The van der Waals surface area contributed by atoms with Gasteiger partial charge in [0.25, 0.3) is 0 Å². The molecule has 0 bridgehead atoms. The van der Waals surface area contributed by atoms with Crippen LogP contribution in [0.5, 0.6) is 0 Å². The van der Waals surface area contributed by atoms with Crippen LogP contribution in [0.25, 0.3) is 11.4 Å². The summed E-state index contributed by atoms with van der Waals surface area (Å²) in [4.78, 5) is 33.0. The van der Waals surface area contributed by atoms with Crippen molar-refractivity contribution in [1.29, 1.82) is 0 Å². The van der Waals surface area contributed by atoms with Crippen LogP contribution >= 0.6 is 11.6 Å². The zero-order valence-electron chi connectivity index (χ0n) is 15.6. The van der Waals surface area contributed by atoms with E-state index in [0.29, 0.717) is 42.5 Å². The Morgan fingerprint density at radius 2 is 1.97 bits per heavy atom. The number of aromatic nitrogens is 4. The second-order valence-corrected chi connectivity index (χ2v) is 7.24. The van der Waals surface area contributed by atoms with Crippen LogP contribution in [-0.2, 0) is 11.3 Å². The maximum Gasteiger partial charge on any atom is 0.410 e. The number of H-pyrrole nitrogens is 1. The molecule has 0 spiro atoms. The van der Waals surface area contributed by atoms with Crippen LogP contribution in [0, 0.1) is 0 Å². The molecule has 29 heavy (non-hydrogen) atoms. The topological polar surface area (TPSA) is 93.1 Å². The Bertz CT molecular complexity index is 1040. The number of carbonyl (C=O) groups is 1. The van der Waals surface area contributed by atoms with Gasteiger partial charge in [-0.05, 0) is 30.5 Å². The molecule has 1 fully saturated rings. The fraction of sp³-hybridized carbons (Fsp3) is 0.300. The molecular weight excluding hydrogens is 394 g/mol. The number of nitrogens with one attached hydrogen (secondary N) is 1. The molecule has 1 aromatic carbocycles. The van der Waals surface area contributed by atoms with Crippen molar-refractivity contribution in [3.05, 3.63) is 69.9 Å². The highest BCUT2D eigenvalue weighted by molar-refractivity contribution is 6.29. The van der Waals surface area contributed by atoms with E-state index in [9.17, 15) is 9.59 Å². The summed E-state index contributed by atoms with van der Waals surface area (Å²) in [7, 11) is 0. The number of halogens is 1. The number of hydrogen-bond acceptors (Lipinski definition) is 5. The number of pyridine rings is 1. The van der Waals surface area contributed by atoms with Crippen molar-refractivity contribution in [3.8, 4) is 11.4 Å². The van der Waals surface area contributed by atoms with Gasteiger partial charge in [0.05, 0.1) is 6.04 Å². The first kappa shape index (κ1) is 19.2. The quantitative estimate of drug-likeness (QED) is 0.662. The molecule has 150 valence electrons. The fourth-order valence-electron chi connectivity index (χ4n) is 3.37. The number of nitrogens with zero attached hydrogens (tertiary/aromatic N) is 4. The average Bonchev–Trinajstić information content (AvgIpc) is 3.14. The molecule has 2 aromatic heterocycles. The third kappa shape index (κ3) is 4.48. The minimum Gasteiger partial charge on any atom is -0.445 e. The van der Waals surface area contributed by atoms with E-state index >= 15 is 0 Å². The molecule has 9 heteroatoms. The Kier molecular flexibility index (Phi) is 5.62. The molecule has 0 unspecified atom stereocenters. The summed E-state index contributed by atoms with van der Waals surface area (Å²) in [6.07, 6.45) is 2.48. The Morgan fingerprint density at radius 1 is 1.21 bits per heavy atom. The number of rotatable bonds is 4. The van der Waals surface area contributed by atoms with Crippen LogP contribution < -0.4 is 5.69 Å². The van der Waals surface area contributed by atoms with Gasteiger partial charge in [-0.25, -0.2) is 19.3 Å². The predicted octanol–water partition coefficient (Wildman–Crippen LogP) is 3.26. The van der Waals surface area contributed by atoms with E-state index in [0.717, 1.165) is 5.56 Å². The van der Waals surface area contributed by atoms with Gasteiger partial charge in [-0.15, -0.1) is 5.10 Å².